The van der Waals surface area contributed by atoms with Gasteiger partial charge in [-0.05, 0) is 49.5 Å². The number of carbonyl (C=O) groups excluding carboxylic acids is 1. The summed E-state index contributed by atoms with van der Waals surface area (Å²) in [6, 6.07) is 7.73. The summed E-state index contributed by atoms with van der Waals surface area (Å²) < 4.78 is 0. The van der Waals surface area contributed by atoms with Gasteiger partial charge in [-0.3, -0.25) is 9.69 Å². The zero-order valence-electron chi connectivity index (χ0n) is 12.5. The lowest BCUT2D eigenvalue weighted by molar-refractivity contribution is -0.122. The standard InChI is InChI=1S/C15H22ClN3O.2ClH/c16-14-3-1-2-12(8-14)4-6-18-15(20)11-19-7-5-13(9-17)10-19;;/h1-3,8,13H,4-7,9-11,17H2,(H,18,20);2*1H. The van der Waals surface area contributed by atoms with E-state index >= 15 is 0 Å². The molecule has 0 radical (unpaired) electrons. The molecule has 22 heavy (non-hydrogen) atoms. The zero-order chi connectivity index (χ0) is 14.4. The van der Waals surface area contributed by atoms with E-state index in [1.165, 1.54) is 0 Å². The van der Waals surface area contributed by atoms with Gasteiger partial charge in [-0.25, -0.2) is 0 Å². The van der Waals surface area contributed by atoms with Crippen molar-refractivity contribution in [2.75, 3.05) is 32.7 Å². The van der Waals surface area contributed by atoms with Crippen molar-refractivity contribution in [2.45, 2.75) is 12.8 Å². The third-order valence-electron chi connectivity index (χ3n) is 3.70. The van der Waals surface area contributed by atoms with Crippen LogP contribution < -0.4 is 11.1 Å². The van der Waals surface area contributed by atoms with Gasteiger partial charge in [-0.15, -0.1) is 24.8 Å². The van der Waals surface area contributed by atoms with Gasteiger partial charge in [0.2, 0.25) is 5.91 Å². The fourth-order valence-electron chi connectivity index (χ4n) is 2.55. The van der Waals surface area contributed by atoms with Crippen LogP contribution in [-0.2, 0) is 11.2 Å². The average Bonchev–Trinajstić information content (AvgIpc) is 2.86. The van der Waals surface area contributed by atoms with Crippen LogP contribution in [0.1, 0.15) is 12.0 Å². The number of nitrogens with zero attached hydrogens (tertiary/aromatic N) is 1. The van der Waals surface area contributed by atoms with Crippen molar-refractivity contribution in [2.24, 2.45) is 11.7 Å². The first-order chi connectivity index (χ1) is 9.67. The van der Waals surface area contributed by atoms with Crippen LogP contribution in [0.4, 0.5) is 0 Å². The number of hydrogen-bond donors (Lipinski definition) is 2. The second kappa shape index (κ2) is 11.1. The van der Waals surface area contributed by atoms with Crippen molar-refractivity contribution in [3.63, 3.8) is 0 Å². The fraction of sp³-hybridized carbons (Fsp3) is 0.533. The number of carbonyl (C=O) groups is 1. The van der Waals surface area contributed by atoms with E-state index in [2.05, 4.69) is 10.2 Å². The Morgan fingerprint density at radius 1 is 1.41 bits per heavy atom. The highest BCUT2D eigenvalue weighted by atomic mass is 35.5. The number of halogens is 3. The Morgan fingerprint density at radius 3 is 2.82 bits per heavy atom. The van der Waals surface area contributed by atoms with Crippen molar-refractivity contribution in [1.82, 2.24) is 10.2 Å². The van der Waals surface area contributed by atoms with Gasteiger partial charge in [0.1, 0.15) is 0 Å². The molecule has 1 saturated heterocycles. The van der Waals surface area contributed by atoms with Gasteiger partial charge in [0, 0.05) is 18.1 Å². The molecule has 126 valence electrons. The highest BCUT2D eigenvalue weighted by Gasteiger charge is 2.22. The summed E-state index contributed by atoms with van der Waals surface area (Å²) >= 11 is 5.92. The minimum Gasteiger partial charge on any atom is -0.355 e. The van der Waals surface area contributed by atoms with Crippen LogP contribution in [0, 0.1) is 5.92 Å². The summed E-state index contributed by atoms with van der Waals surface area (Å²) in [7, 11) is 0. The van der Waals surface area contributed by atoms with E-state index in [1.54, 1.807) is 0 Å². The molecule has 0 saturated carbocycles. The highest BCUT2D eigenvalue weighted by Crippen LogP contribution is 2.14. The number of amides is 1. The van der Waals surface area contributed by atoms with Crippen molar-refractivity contribution >= 4 is 42.3 Å². The topological polar surface area (TPSA) is 58.4 Å². The van der Waals surface area contributed by atoms with Gasteiger partial charge in [0.15, 0.2) is 0 Å². The normalized spacial score (nSPS) is 17.5. The second-order valence-corrected chi connectivity index (χ2v) is 5.79. The summed E-state index contributed by atoms with van der Waals surface area (Å²) in [6.07, 6.45) is 1.91. The predicted octanol–water partition coefficient (Wildman–Crippen LogP) is 2.12. The van der Waals surface area contributed by atoms with Gasteiger partial charge in [0.05, 0.1) is 6.54 Å². The van der Waals surface area contributed by atoms with Crippen molar-refractivity contribution in [1.29, 1.82) is 0 Å². The van der Waals surface area contributed by atoms with Crippen LogP contribution in [0.15, 0.2) is 24.3 Å². The zero-order valence-corrected chi connectivity index (χ0v) is 14.9. The molecular formula is C15H24Cl3N3O. The average molecular weight is 369 g/mol. The van der Waals surface area contributed by atoms with Crippen molar-refractivity contribution in [3.05, 3.63) is 34.9 Å². The van der Waals surface area contributed by atoms with Gasteiger partial charge < -0.3 is 11.1 Å². The first kappa shape index (κ1) is 21.5. The Labute approximate surface area is 149 Å². The molecule has 7 heteroatoms. The molecule has 0 spiro atoms. The molecule has 4 nitrogen and oxygen atoms in total. The quantitative estimate of drug-likeness (QED) is 0.808. The lowest BCUT2D eigenvalue weighted by Gasteiger charge is -2.15. The van der Waals surface area contributed by atoms with E-state index in [1.807, 2.05) is 24.3 Å². The van der Waals surface area contributed by atoms with Crippen molar-refractivity contribution < 1.29 is 4.79 Å². The molecule has 1 aliphatic rings. The molecule has 0 aromatic heterocycles. The minimum atomic E-state index is 0. The molecule has 2 rings (SSSR count). The number of nitrogens with one attached hydrogen (secondary N) is 1. The van der Waals surface area contributed by atoms with Crippen LogP contribution in [-0.4, -0.2) is 43.5 Å². The highest BCUT2D eigenvalue weighted by molar-refractivity contribution is 6.30. The van der Waals surface area contributed by atoms with Crippen LogP contribution in [0.2, 0.25) is 5.02 Å². The number of likely N-dealkylation sites (tertiary alicyclic amines) is 1. The first-order valence-corrected chi connectivity index (χ1v) is 7.48. The third kappa shape index (κ3) is 7.16. The van der Waals surface area contributed by atoms with E-state index in [0.717, 1.165) is 36.5 Å². The lowest BCUT2D eigenvalue weighted by atomic mass is 10.1. The maximum absolute atomic E-state index is 11.8. The maximum atomic E-state index is 11.8. The Hall–Kier alpha value is -0.520. The molecule has 3 N–H and O–H groups in total. The number of hydrogen-bond acceptors (Lipinski definition) is 3. The van der Waals surface area contributed by atoms with Gasteiger partial charge in [0.25, 0.3) is 0 Å². The van der Waals surface area contributed by atoms with Crippen molar-refractivity contribution in [3.8, 4) is 0 Å². The largest absolute Gasteiger partial charge is 0.355 e. The minimum absolute atomic E-state index is 0. The van der Waals surface area contributed by atoms with E-state index in [4.69, 9.17) is 17.3 Å². The number of nitrogens with two attached hydrogens (primary N) is 1. The summed E-state index contributed by atoms with van der Waals surface area (Å²) in [5, 5.41) is 3.69. The summed E-state index contributed by atoms with van der Waals surface area (Å²) in [5.41, 5.74) is 6.79. The SMILES string of the molecule is Cl.Cl.NCC1CCN(CC(=O)NCCc2cccc(Cl)c2)C1. The molecule has 0 aliphatic carbocycles. The van der Waals surface area contributed by atoms with E-state index in [-0.39, 0.29) is 30.7 Å². The Morgan fingerprint density at radius 2 is 2.18 bits per heavy atom. The molecule has 1 unspecified atom stereocenters. The molecule has 1 atom stereocenters. The number of benzene rings is 1. The van der Waals surface area contributed by atoms with Crippen LogP contribution in [0.3, 0.4) is 0 Å². The molecule has 1 aromatic rings. The smallest absolute Gasteiger partial charge is 0.234 e. The Bertz CT molecular complexity index is 459. The molecule has 1 aromatic carbocycles. The number of rotatable bonds is 6. The lowest BCUT2D eigenvalue weighted by Crippen LogP contribution is -2.37. The van der Waals surface area contributed by atoms with E-state index < -0.39 is 0 Å². The summed E-state index contributed by atoms with van der Waals surface area (Å²) in [4.78, 5) is 14.0. The molecule has 1 aliphatic heterocycles. The molecule has 1 fully saturated rings. The molecule has 0 bridgehead atoms. The Kier molecular flexibility index (Phi) is 10.8. The molecule has 1 amide bonds. The summed E-state index contributed by atoms with van der Waals surface area (Å²) in [6.45, 7) is 3.76. The van der Waals surface area contributed by atoms with E-state index in [0.29, 0.717) is 25.6 Å². The van der Waals surface area contributed by atoms with Crippen LogP contribution in [0.25, 0.3) is 0 Å². The molecular weight excluding hydrogens is 345 g/mol. The Balaban J connectivity index is 0.00000220. The third-order valence-corrected chi connectivity index (χ3v) is 3.93. The van der Waals surface area contributed by atoms with Crippen LogP contribution in [0.5, 0.6) is 0 Å². The van der Waals surface area contributed by atoms with E-state index in [9.17, 15) is 4.79 Å². The van der Waals surface area contributed by atoms with Gasteiger partial charge in [-0.2, -0.15) is 0 Å². The molecule has 1 heterocycles. The second-order valence-electron chi connectivity index (χ2n) is 5.36. The monoisotopic (exact) mass is 367 g/mol. The first-order valence-electron chi connectivity index (χ1n) is 7.11. The van der Waals surface area contributed by atoms with Crippen LogP contribution >= 0.6 is 36.4 Å². The summed E-state index contributed by atoms with van der Waals surface area (Å²) in [5.74, 6) is 0.638. The maximum Gasteiger partial charge on any atom is 0.234 e. The predicted molar refractivity (Wildman–Crippen MR) is 96.3 cm³/mol. The van der Waals surface area contributed by atoms with Gasteiger partial charge in [-0.1, -0.05) is 23.7 Å². The van der Waals surface area contributed by atoms with Gasteiger partial charge >= 0.3 is 0 Å². The fourth-order valence-corrected chi connectivity index (χ4v) is 2.76.